The molecule has 0 atom stereocenters. The molecule has 12 heteroatoms. The van der Waals surface area contributed by atoms with E-state index in [2.05, 4.69) is 10.1 Å². The maximum absolute atomic E-state index is 13.5. The molecule has 1 aliphatic heterocycles. The number of hydrogen-bond donors (Lipinski definition) is 1. The Morgan fingerprint density at radius 1 is 1.02 bits per heavy atom. The van der Waals surface area contributed by atoms with Crippen LogP contribution in [0, 0.1) is 0 Å². The van der Waals surface area contributed by atoms with E-state index in [1.165, 1.54) is 17.1 Å². The van der Waals surface area contributed by atoms with Crippen LogP contribution in [-0.2, 0) is 11.2 Å². The minimum absolute atomic E-state index is 0.0315. The molecule has 47 heavy (non-hydrogen) atoms. The number of aromatic nitrogens is 5. The van der Waals surface area contributed by atoms with Crippen LogP contribution in [0.4, 0.5) is 10.6 Å². The van der Waals surface area contributed by atoms with Crippen molar-refractivity contribution >= 4 is 23.2 Å². The Bertz CT molecular complexity index is 2100. The molecule has 242 valence electrons. The van der Waals surface area contributed by atoms with Crippen molar-refractivity contribution in [1.29, 1.82) is 0 Å². The number of para-hydroxylation sites is 1. The Morgan fingerprint density at radius 2 is 1.70 bits per heavy atom. The standard InChI is InChI=1S/C35H37N7O5/c1-21(2)40-19-27(32(44)41(33(40)45)25-9-7-6-8-10-25)29(43)15-22-11-13-23(14-12-22)26-16-28(42-30(26)31(36)37-20-38-42)24-17-39(18-24)34(46)47-35(3,4)5/h6-14,16,19-21,24H,15,17-18H2,1-5H3,(H2,36,37,38). The van der Waals surface area contributed by atoms with Crippen LogP contribution in [0.3, 0.4) is 0 Å². The first-order chi connectivity index (χ1) is 22.3. The van der Waals surface area contributed by atoms with Crippen molar-refractivity contribution in [2.24, 2.45) is 0 Å². The largest absolute Gasteiger partial charge is 0.444 e. The summed E-state index contributed by atoms with van der Waals surface area (Å²) >= 11 is 0. The van der Waals surface area contributed by atoms with Gasteiger partial charge >= 0.3 is 11.8 Å². The number of nitrogens with zero attached hydrogens (tertiary/aromatic N) is 6. The lowest BCUT2D eigenvalue weighted by atomic mass is 9.95. The van der Waals surface area contributed by atoms with Crippen molar-refractivity contribution in [3.05, 3.63) is 111 Å². The number of rotatable bonds is 7. The van der Waals surface area contributed by atoms with Crippen molar-refractivity contribution in [1.82, 2.24) is 28.6 Å². The highest BCUT2D eigenvalue weighted by atomic mass is 16.6. The minimum atomic E-state index is -0.649. The second-order valence-corrected chi connectivity index (χ2v) is 13.1. The Labute approximate surface area is 271 Å². The van der Waals surface area contributed by atoms with Crippen LogP contribution in [0.25, 0.3) is 22.3 Å². The molecule has 1 amide bonds. The Balaban J connectivity index is 1.27. The number of carbonyl (C=O) groups is 2. The molecule has 4 heterocycles. The van der Waals surface area contributed by atoms with E-state index in [1.807, 2.05) is 65.0 Å². The molecule has 6 rings (SSSR count). The molecule has 0 unspecified atom stereocenters. The molecule has 0 radical (unpaired) electrons. The lowest BCUT2D eigenvalue weighted by molar-refractivity contribution is 0.00773. The van der Waals surface area contributed by atoms with Gasteiger partial charge in [-0.2, -0.15) is 5.10 Å². The number of benzene rings is 2. The molecule has 2 aromatic carbocycles. The maximum Gasteiger partial charge on any atom is 0.410 e. The van der Waals surface area contributed by atoms with Gasteiger partial charge in [0.1, 0.15) is 23.0 Å². The second-order valence-electron chi connectivity index (χ2n) is 13.1. The van der Waals surface area contributed by atoms with Crippen molar-refractivity contribution in [3.63, 3.8) is 0 Å². The first-order valence-corrected chi connectivity index (χ1v) is 15.5. The van der Waals surface area contributed by atoms with Gasteiger partial charge in [0.25, 0.3) is 5.56 Å². The van der Waals surface area contributed by atoms with Gasteiger partial charge in [-0.1, -0.05) is 42.5 Å². The number of amides is 1. The van der Waals surface area contributed by atoms with E-state index in [9.17, 15) is 19.2 Å². The van der Waals surface area contributed by atoms with Crippen LogP contribution in [-0.4, -0.2) is 59.2 Å². The summed E-state index contributed by atoms with van der Waals surface area (Å²) < 4.78 is 9.73. The fourth-order valence-electron chi connectivity index (χ4n) is 5.77. The van der Waals surface area contributed by atoms with Gasteiger partial charge in [0, 0.05) is 43.2 Å². The zero-order valence-corrected chi connectivity index (χ0v) is 27.0. The summed E-state index contributed by atoms with van der Waals surface area (Å²) in [6, 6.07) is 17.8. The summed E-state index contributed by atoms with van der Waals surface area (Å²) in [4.78, 5) is 58.6. The predicted molar refractivity (Wildman–Crippen MR) is 178 cm³/mol. The molecular weight excluding hydrogens is 598 g/mol. The summed E-state index contributed by atoms with van der Waals surface area (Å²) in [6.45, 7) is 10.1. The lowest BCUT2D eigenvalue weighted by Gasteiger charge is -2.39. The van der Waals surface area contributed by atoms with Gasteiger partial charge in [-0.05, 0) is 63.9 Å². The van der Waals surface area contributed by atoms with Crippen molar-refractivity contribution in [2.75, 3.05) is 18.8 Å². The molecule has 5 aromatic rings. The summed E-state index contributed by atoms with van der Waals surface area (Å²) in [7, 11) is 0. The van der Waals surface area contributed by atoms with E-state index in [4.69, 9.17) is 10.5 Å². The zero-order chi connectivity index (χ0) is 33.6. The third kappa shape index (κ3) is 6.06. The van der Waals surface area contributed by atoms with Gasteiger partial charge in [0.05, 0.1) is 11.4 Å². The molecule has 1 aliphatic rings. The normalized spacial score (nSPS) is 13.6. The van der Waals surface area contributed by atoms with E-state index in [0.29, 0.717) is 35.7 Å². The van der Waals surface area contributed by atoms with Crippen LogP contribution < -0.4 is 17.0 Å². The second kappa shape index (κ2) is 12.0. The molecule has 1 fully saturated rings. The number of ether oxygens (including phenoxy) is 1. The van der Waals surface area contributed by atoms with Gasteiger partial charge in [-0.3, -0.25) is 14.2 Å². The molecule has 1 saturated heterocycles. The molecule has 0 aliphatic carbocycles. The molecule has 2 N–H and O–H groups in total. The zero-order valence-electron chi connectivity index (χ0n) is 27.0. The highest BCUT2D eigenvalue weighted by Crippen LogP contribution is 2.36. The molecule has 0 saturated carbocycles. The molecule has 3 aromatic heterocycles. The first-order valence-electron chi connectivity index (χ1n) is 15.5. The topological polar surface area (TPSA) is 147 Å². The number of likely N-dealkylation sites (tertiary alicyclic amines) is 1. The number of nitrogens with two attached hydrogens (primary N) is 1. The predicted octanol–water partition coefficient (Wildman–Crippen LogP) is 4.63. The van der Waals surface area contributed by atoms with E-state index in [0.717, 1.165) is 21.4 Å². The number of ketones is 1. The third-order valence-corrected chi connectivity index (χ3v) is 8.18. The van der Waals surface area contributed by atoms with Gasteiger partial charge in [-0.25, -0.2) is 23.7 Å². The average molecular weight is 636 g/mol. The maximum atomic E-state index is 13.5. The van der Waals surface area contributed by atoms with Crippen LogP contribution in [0.15, 0.2) is 82.8 Å². The average Bonchev–Trinajstić information content (AvgIpc) is 3.37. The van der Waals surface area contributed by atoms with Crippen molar-refractivity contribution in [2.45, 2.75) is 58.6 Å². The van der Waals surface area contributed by atoms with Gasteiger partial charge in [-0.15, -0.1) is 0 Å². The van der Waals surface area contributed by atoms with E-state index in [1.54, 1.807) is 39.7 Å². The number of nitrogen functional groups attached to an aromatic ring is 1. The summed E-state index contributed by atoms with van der Waals surface area (Å²) in [6.07, 6.45) is 2.39. The fourth-order valence-corrected chi connectivity index (χ4v) is 5.77. The number of Topliss-reactive ketones (excluding diaryl/α,β-unsaturated/α-hetero) is 1. The van der Waals surface area contributed by atoms with Crippen LogP contribution >= 0.6 is 0 Å². The SMILES string of the molecule is CC(C)n1cc(C(=O)Cc2ccc(-c3cc(C4CN(C(=O)OC(C)(C)C)C4)n4ncnc(N)c34)cc2)c(=O)n(-c2ccccc2)c1=O. The molecular formula is C35H37N7O5. The number of anilines is 1. The first kappa shape index (κ1) is 31.5. The van der Waals surface area contributed by atoms with Crippen molar-refractivity contribution in [3.8, 4) is 16.8 Å². The number of carbonyl (C=O) groups excluding carboxylic acids is 2. The molecule has 12 nitrogen and oxygen atoms in total. The quantitative estimate of drug-likeness (QED) is 0.255. The number of hydrogen-bond acceptors (Lipinski definition) is 8. The van der Waals surface area contributed by atoms with Crippen molar-refractivity contribution < 1.29 is 14.3 Å². The summed E-state index contributed by atoms with van der Waals surface area (Å²) in [5, 5.41) is 4.46. The molecule has 0 bridgehead atoms. The highest BCUT2D eigenvalue weighted by molar-refractivity contribution is 5.97. The summed E-state index contributed by atoms with van der Waals surface area (Å²) in [5.41, 5.74) is 8.87. The van der Waals surface area contributed by atoms with Gasteiger partial charge in [0.2, 0.25) is 0 Å². The monoisotopic (exact) mass is 635 g/mol. The van der Waals surface area contributed by atoms with Gasteiger partial charge < -0.3 is 15.4 Å². The summed E-state index contributed by atoms with van der Waals surface area (Å²) in [5.74, 6) is -0.0431. The lowest BCUT2D eigenvalue weighted by Crippen LogP contribution is -2.50. The smallest absolute Gasteiger partial charge is 0.410 e. The third-order valence-electron chi connectivity index (χ3n) is 8.18. The molecule has 0 spiro atoms. The van der Waals surface area contributed by atoms with E-state index < -0.39 is 22.6 Å². The number of fused-ring (bicyclic) bond motifs is 1. The van der Waals surface area contributed by atoms with Crippen LogP contribution in [0.2, 0.25) is 0 Å². The Hall–Kier alpha value is -5.52. The highest BCUT2D eigenvalue weighted by Gasteiger charge is 2.37. The van der Waals surface area contributed by atoms with Gasteiger partial charge in [0.15, 0.2) is 11.6 Å². The van der Waals surface area contributed by atoms with E-state index >= 15 is 0 Å². The Kier molecular flexibility index (Phi) is 8.04. The van der Waals surface area contributed by atoms with Crippen LogP contribution in [0.1, 0.15) is 68.2 Å². The fraction of sp³-hybridized carbons (Fsp3) is 0.314. The van der Waals surface area contributed by atoms with E-state index in [-0.39, 0.29) is 30.0 Å². The van der Waals surface area contributed by atoms with Crippen LogP contribution in [0.5, 0.6) is 0 Å². The Morgan fingerprint density at radius 3 is 2.34 bits per heavy atom. The minimum Gasteiger partial charge on any atom is -0.444 e.